The first-order valence-electron chi connectivity index (χ1n) is 5.63. The Balaban J connectivity index is 2.13. The number of methoxy groups -OCH3 is 1. The van der Waals surface area contributed by atoms with Crippen molar-refractivity contribution >= 4 is 17.3 Å². The van der Waals surface area contributed by atoms with Crippen LogP contribution in [-0.4, -0.2) is 36.4 Å². The Morgan fingerprint density at radius 2 is 2.11 bits per heavy atom. The van der Waals surface area contributed by atoms with Crippen LogP contribution < -0.4 is 4.74 Å². The molecule has 0 aliphatic carbocycles. The number of benzene rings is 1. The van der Waals surface area contributed by atoms with E-state index in [2.05, 4.69) is 4.98 Å². The number of ether oxygens (including phenoxy) is 2. The van der Waals surface area contributed by atoms with E-state index in [1.807, 2.05) is 24.3 Å². The van der Waals surface area contributed by atoms with Crippen molar-refractivity contribution in [3.05, 3.63) is 35.3 Å². The van der Waals surface area contributed by atoms with Gasteiger partial charge in [-0.05, 0) is 24.3 Å². The van der Waals surface area contributed by atoms with Crippen molar-refractivity contribution in [3.8, 4) is 16.3 Å². The van der Waals surface area contributed by atoms with E-state index in [-0.39, 0.29) is 13.2 Å². The molecule has 0 saturated heterocycles. The lowest BCUT2D eigenvalue weighted by molar-refractivity contribution is 0.0439. The molecule has 0 unspecified atom stereocenters. The molecule has 0 atom stereocenters. The van der Waals surface area contributed by atoms with E-state index < -0.39 is 5.97 Å². The van der Waals surface area contributed by atoms with Gasteiger partial charge in [-0.2, -0.15) is 0 Å². The number of aliphatic hydroxyl groups excluding tert-OH is 1. The van der Waals surface area contributed by atoms with E-state index in [9.17, 15) is 4.79 Å². The van der Waals surface area contributed by atoms with Gasteiger partial charge in [-0.25, -0.2) is 9.78 Å². The van der Waals surface area contributed by atoms with Gasteiger partial charge in [0.2, 0.25) is 0 Å². The summed E-state index contributed by atoms with van der Waals surface area (Å²) in [5.74, 6) is 0.300. The predicted octanol–water partition coefficient (Wildman–Crippen LogP) is 1.97. The Bertz CT molecular complexity index is 550. The molecule has 1 heterocycles. The minimum absolute atomic E-state index is 0.00535. The maximum absolute atomic E-state index is 11.6. The second kappa shape index (κ2) is 6.31. The van der Waals surface area contributed by atoms with E-state index in [0.717, 1.165) is 16.3 Å². The molecular formula is C13H13NO4S. The lowest BCUT2D eigenvalue weighted by Crippen LogP contribution is -2.06. The molecule has 2 rings (SSSR count). The molecule has 1 aromatic heterocycles. The molecule has 0 radical (unpaired) electrons. The molecule has 5 nitrogen and oxygen atoms in total. The third-order valence-corrected chi connectivity index (χ3v) is 3.39. The van der Waals surface area contributed by atoms with Crippen molar-refractivity contribution in [1.29, 1.82) is 0 Å². The molecule has 6 heteroatoms. The Labute approximate surface area is 114 Å². The van der Waals surface area contributed by atoms with Gasteiger partial charge in [-0.1, -0.05) is 0 Å². The fourth-order valence-electron chi connectivity index (χ4n) is 1.45. The molecule has 0 fully saturated rings. The van der Waals surface area contributed by atoms with Gasteiger partial charge in [-0.3, -0.25) is 0 Å². The Hall–Kier alpha value is -1.92. The second-order valence-corrected chi connectivity index (χ2v) is 4.65. The lowest BCUT2D eigenvalue weighted by Gasteiger charge is -2.00. The molecular weight excluding hydrogens is 266 g/mol. The minimum Gasteiger partial charge on any atom is -0.497 e. The predicted molar refractivity (Wildman–Crippen MR) is 71.5 cm³/mol. The van der Waals surface area contributed by atoms with Gasteiger partial charge in [0, 0.05) is 5.56 Å². The maximum Gasteiger partial charge on any atom is 0.350 e. The molecule has 19 heavy (non-hydrogen) atoms. The van der Waals surface area contributed by atoms with Crippen LogP contribution in [0.15, 0.2) is 30.5 Å². The fraction of sp³-hybridized carbons (Fsp3) is 0.231. The van der Waals surface area contributed by atoms with Crippen molar-refractivity contribution in [2.75, 3.05) is 20.3 Å². The van der Waals surface area contributed by atoms with Crippen LogP contribution in [0.4, 0.5) is 0 Å². The smallest absolute Gasteiger partial charge is 0.350 e. The zero-order chi connectivity index (χ0) is 13.7. The summed E-state index contributed by atoms with van der Waals surface area (Å²) in [5, 5.41) is 9.33. The van der Waals surface area contributed by atoms with Crippen LogP contribution in [0.25, 0.3) is 10.6 Å². The standard InChI is InChI=1S/C13H13NO4S/c1-17-10-4-2-9(3-5-10)12-14-8-11(19-12)13(16)18-7-6-15/h2-5,8,15H,6-7H2,1H3. The summed E-state index contributed by atoms with van der Waals surface area (Å²) in [7, 11) is 1.60. The maximum atomic E-state index is 11.6. The molecule has 0 amide bonds. The molecule has 0 bridgehead atoms. The average molecular weight is 279 g/mol. The van der Waals surface area contributed by atoms with Crippen LogP contribution >= 0.6 is 11.3 Å². The number of hydrogen-bond acceptors (Lipinski definition) is 6. The summed E-state index contributed by atoms with van der Waals surface area (Å²) in [6.45, 7) is -0.190. The molecule has 0 aliphatic rings. The second-order valence-electron chi connectivity index (χ2n) is 3.62. The summed E-state index contributed by atoms with van der Waals surface area (Å²) in [6.07, 6.45) is 1.48. The molecule has 1 aromatic carbocycles. The molecule has 100 valence electrons. The third-order valence-electron chi connectivity index (χ3n) is 2.37. The fourth-order valence-corrected chi connectivity index (χ4v) is 2.26. The van der Waals surface area contributed by atoms with Crippen LogP contribution in [0.2, 0.25) is 0 Å². The number of carbonyl (C=O) groups excluding carboxylic acids is 1. The highest BCUT2D eigenvalue weighted by Gasteiger charge is 2.12. The quantitative estimate of drug-likeness (QED) is 0.847. The summed E-state index contributed by atoms with van der Waals surface area (Å²) in [6, 6.07) is 7.42. The molecule has 0 aliphatic heterocycles. The van der Waals surface area contributed by atoms with Gasteiger partial charge in [0.1, 0.15) is 22.2 Å². The van der Waals surface area contributed by atoms with Crippen LogP contribution in [0.1, 0.15) is 9.67 Å². The van der Waals surface area contributed by atoms with Crippen molar-refractivity contribution in [3.63, 3.8) is 0 Å². The zero-order valence-corrected chi connectivity index (χ0v) is 11.1. The highest BCUT2D eigenvalue weighted by atomic mass is 32.1. The van der Waals surface area contributed by atoms with Gasteiger partial charge in [-0.15, -0.1) is 11.3 Å². The number of aliphatic hydroxyl groups is 1. The van der Waals surface area contributed by atoms with E-state index >= 15 is 0 Å². The van der Waals surface area contributed by atoms with Gasteiger partial charge >= 0.3 is 5.97 Å². The van der Waals surface area contributed by atoms with Crippen molar-refractivity contribution in [1.82, 2.24) is 4.98 Å². The van der Waals surface area contributed by atoms with Crippen LogP contribution in [0, 0.1) is 0 Å². The van der Waals surface area contributed by atoms with Crippen molar-refractivity contribution < 1.29 is 19.4 Å². The first-order valence-corrected chi connectivity index (χ1v) is 6.44. The molecule has 1 N–H and O–H groups in total. The number of carbonyl (C=O) groups is 1. The third kappa shape index (κ3) is 3.30. The normalized spacial score (nSPS) is 10.2. The molecule has 0 spiro atoms. The Morgan fingerprint density at radius 3 is 2.74 bits per heavy atom. The van der Waals surface area contributed by atoms with Gasteiger partial charge in [0.15, 0.2) is 0 Å². The number of aromatic nitrogens is 1. The van der Waals surface area contributed by atoms with Gasteiger partial charge < -0.3 is 14.6 Å². The van der Waals surface area contributed by atoms with Crippen molar-refractivity contribution in [2.24, 2.45) is 0 Å². The summed E-state index contributed by atoms with van der Waals surface area (Å²) < 4.78 is 9.90. The number of esters is 1. The highest BCUT2D eigenvalue weighted by Crippen LogP contribution is 2.27. The summed E-state index contributed by atoms with van der Waals surface area (Å²) >= 11 is 1.25. The monoisotopic (exact) mass is 279 g/mol. The SMILES string of the molecule is COc1ccc(-c2ncc(C(=O)OCCO)s2)cc1. The molecule has 2 aromatic rings. The number of nitrogens with zero attached hydrogens (tertiary/aromatic N) is 1. The van der Waals surface area contributed by atoms with E-state index in [4.69, 9.17) is 14.6 Å². The van der Waals surface area contributed by atoms with Gasteiger partial charge in [0.05, 0.1) is 19.9 Å². The number of rotatable bonds is 5. The largest absolute Gasteiger partial charge is 0.497 e. The van der Waals surface area contributed by atoms with E-state index in [0.29, 0.717) is 4.88 Å². The van der Waals surface area contributed by atoms with E-state index in [1.165, 1.54) is 17.5 Å². The van der Waals surface area contributed by atoms with Crippen LogP contribution in [0.5, 0.6) is 5.75 Å². The van der Waals surface area contributed by atoms with Crippen molar-refractivity contribution in [2.45, 2.75) is 0 Å². The average Bonchev–Trinajstić information content (AvgIpc) is 2.94. The Kier molecular flexibility index (Phi) is 4.48. The summed E-state index contributed by atoms with van der Waals surface area (Å²) in [4.78, 5) is 16.2. The Morgan fingerprint density at radius 1 is 1.37 bits per heavy atom. The van der Waals surface area contributed by atoms with Crippen LogP contribution in [0.3, 0.4) is 0 Å². The van der Waals surface area contributed by atoms with E-state index in [1.54, 1.807) is 7.11 Å². The highest BCUT2D eigenvalue weighted by molar-refractivity contribution is 7.16. The van der Waals surface area contributed by atoms with Crippen LogP contribution in [-0.2, 0) is 4.74 Å². The number of thiazole rings is 1. The zero-order valence-electron chi connectivity index (χ0n) is 10.3. The molecule has 0 saturated carbocycles. The summed E-state index contributed by atoms with van der Waals surface area (Å²) in [5.41, 5.74) is 0.909. The van der Waals surface area contributed by atoms with Gasteiger partial charge in [0.25, 0.3) is 0 Å². The minimum atomic E-state index is -0.466. The number of hydrogen-bond donors (Lipinski definition) is 1. The lowest BCUT2D eigenvalue weighted by atomic mass is 10.2. The topological polar surface area (TPSA) is 68.7 Å². The first kappa shape index (κ1) is 13.5. The first-order chi connectivity index (χ1) is 9.24.